The van der Waals surface area contributed by atoms with E-state index in [2.05, 4.69) is 0 Å². The Labute approximate surface area is 180 Å². The molecule has 0 spiro atoms. The van der Waals surface area contributed by atoms with Crippen molar-refractivity contribution in [3.63, 3.8) is 0 Å². The standard InChI is InChI=1S/C24H26FNO5/c1-15(2)31-13-5-12-26-21(17-6-4-7-19(14-17)30-3)20(23(28)24(26)29)22(27)16-8-10-18(25)11-9-16/h4,6-11,14-15,21,27H,5,12-13H2,1-3H3/b22-20-. The molecule has 0 bridgehead atoms. The van der Waals surface area contributed by atoms with Crippen LogP contribution in [0.4, 0.5) is 4.39 Å². The Balaban J connectivity index is 2.04. The zero-order valence-corrected chi connectivity index (χ0v) is 17.8. The third kappa shape index (κ3) is 4.94. The number of hydrogen-bond donors (Lipinski definition) is 1. The number of methoxy groups -OCH3 is 1. The normalized spacial score (nSPS) is 18.1. The zero-order valence-electron chi connectivity index (χ0n) is 17.8. The van der Waals surface area contributed by atoms with Crippen LogP contribution in [0.2, 0.25) is 0 Å². The lowest BCUT2D eigenvalue weighted by atomic mass is 9.95. The molecular weight excluding hydrogens is 401 g/mol. The summed E-state index contributed by atoms with van der Waals surface area (Å²) in [6.07, 6.45) is 0.588. The van der Waals surface area contributed by atoms with Crippen molar-refractivity contribution in [3.8, 4) is 5.75 Å². The highest BCUT2D eigenvalue weighted by molar-refractivity contribution is 6.46. The Morgan fingerprint density at radius 1 is 1.16 bits per heavy atom. The van der Waals surface area contributed by atoms with Gasteiger partial charge in [-0.1, -0.05) is 12.1 Å². The zero-order chi connectivity index (χ0) is 22.5. The number of hydrogen-bond acceptors (Lipinski definition) is 5. The number of carbonyl (C=O) groups is 2. The molecule has 1 unspecified atom stereocenters. The third-order valence-corrected chi connectivity index (χ3v) is 5.06. The van der Waals surface area contributed by atoms with Gasteiger partial charge in [0.05, 0.1) is 24.8 Å². The van der Waals surface area contributed by atoms with Crippen molar-refractivity contribution in [1.82, 2.24) is 4.90 Å². The Hall–Kier alpha value is -3.19. The lowest BCUT2D eigenvalue weighted by Crippen LogP contribution is -2.31. The Bertz CT molecular complexity index is 984. The average Bonchev–Trinajstić information content (AvgIpc) is 3.01. The average molecular weight is 427 g/mol. The number of Topliss-reactive ketones (excluding diaryl/α,β-unsaturated/α-hetero) is 1. The monoisotopic (exact) mass is 427 g/mol. The largest absolute Gasteiger partial charge is 0.507 e. The van der Waals surface area contributed by atoms with Gasteiger partial charge in [-0.3, -0.25) is 9.59 Å². The molecule has 1 atom stereocenters. The van der Waals surface area contributed by atoms with E-state index in [1.54, 1.807) is 24.3 Å². The van der Waals surface area contributed by atoms with E-state index in [0.29, 0.717) is 24.3 Å². The molecule has 164 valence electrons. The summed E-state index contributed by atoms with van der Waals surface area (Å²) in [6.45, 7) is 4.55. The number of carbonyl (C=O) groups excluding carboxylic acids is 2. The number of amides is 1. The number of benzene rings is 2. The second-order valence-corrected chi connectivity index (χ2v) is 7.55. The van der Waals surface area contributed by atoms with Crippen molar-refractivity contribution >= 4 is 17.4 Å². The number of halogens is 1. The van der Waals surface area contributed by atoms with Crippen LogP contribution in [0.5, 0.6) is 5.75 Å². The van der Waals surface area contributed by atoms with Gasteiger partial charge >= 0.3 is 0 Å². The van der Waals surface area contributed by atoms with Crippen molar-refractivity contribution in [1.29, 1.82) is 0 Å². The van der Waals surface area contributed by atoms with Crippen LogP contribution in [0.1, 0.15) is 37.4 Å². The second kappa shape index (κ2) is 9.75. The summed E-state index contributed by atoms with van der Waals surface area (Å²) in [5, 5.41) is 10.9. The highest BCUT2D eigenvalue weighted by atomic mass is 19.1. The van der Waals surface area contributed by atoms with Crippen LogP contribution < -0.4 is 4.74 Å². The van der Waals surface area contributed by atoms with Gasteiger partial charge in [-0.2, -0.15) is 0 Å². The van der Waals surface area contributed by atoms with Gasteiger partial charge in [-0.15, -0.1) is 0 Å². The number of ether oxygens (including phenoxy) is 2. The summed E-state index contributed by atoms with van der Waals surface area (Å²) >= 11 is 0. The van der Waals surface area contributed by atoms with Crippen molar-refractivity contribution < 1.29 is 28.6 Å². The molecule has 2 aromatic rings. The van der Waals surface area contributed by atoms with Crippen molar-refractivity contribution in [3.05, 3.63) is 71.0 Å². The van der Waals surface area contributed by atoms with Crippen LogP contribution in [-0.2, 0) is 14.3 Å². The highest BCUT2D eigenvalue weighted by Crippen LogP contribution is 2.40. The van der Waals surface area contributed by atoms with E-state index in [-0.39, 0.29) is 29.5 Å². The van der Waals surface area contributed by atoms with Gasteiger partial charge in [0.1, 0.15) is 17.3 Å². The Morgan fingerprint density at radius 2 is 1.87 bits per heavy atom. The third-order valence-electron chi connectivity index (χ3n) is 5.06. The molecule has 7 heteroatoms. The smallest absolute Gasteiger partial charge is 0.295 e. The molecule has 1 saturated heterocycles. The van der Waals surface area contributed by atoms with Gasteiger partial charge in [0.2, 0.25) is 0 Å². The quantitative estimate of drug-likeness (QED) is 0.297. The fourth-order valence-electron chi connectivity index (χ4n) is 3.59. The Morgan fingerprint density at radius 3 is 2.52 bits per heavy atom. The molecule has 1 aliphatic rings. The summed E-state index contributed by atoms with van der Waals surface area (Å²) in [5.41, 5.74) is 0.858. The van der Waals surface area contributed by atoms with Gasteiger partial charge in [0.25, 0.3) is 11.7 Å². The number of rotatable bonds is 8. The van der Waals surface area contributed by atoms with Crippen LogP contribution in [0.15, 0.2) is 54.1 Å². The van der Waals surface area contributed by atoms with Gasteiger partial charge in [-0.05, 0) is 62.2 Å². The molecule has 0 radical (unpaired) electrons. The van der Waals surface area contributed by atoms with E-state index < -0.39 is 23.5 Å². The molecule has 1 amide bonds. The first-order valence-corrected chi connectivity index (χ1v) is 10.1. The van der Waals surface area contributed by atoms with Crippen LogP contribution in [0.25, 0.3) is 5.76 Å². The van der Waals surface area contributed by atoms with Crippen LogP contribution in [0.3, 0.4) is 0 Å². The van der Waals surface area contributed by atoms with Crippen molar-refractivity contribution in [2.24, 2.45) is 0 Å². The molecule has 31 heavy (non-hydrogen) atoms. The molecule has 0 aliphatic carbocycles. The summed E-state index contributed by atoms with van der Waals surface area (Å²) in [6, 6.07) is 11.3. The lowest BCUT2D eigenvalue weighted by Gasteiger charge is -2.25. The summed E-state index contributed by atoms with van der Waals surface area (Å²) in [4.78, 5) is 27.2. The predicted molar refractivity (Wildman–Crippen MR) is 114 cm³/mol. The molecule has 1 heterocycles. The predicted octanol–water partition coefficient (Wildman–Crippen LogP) is 4.07. The summed E-state index contributed by atoms with van der Waals surface area (Å²) < 4.78 is 24.2. The van der Waals surface area contributed by atoms with Crippen molar-refractivity contribution in [2.45, 2.75) is 32.4 Å². The number of ketones is 1. The molecule has 1 aliphatic heterocycles. The summed E-state index contributed by atoms with van der Waals surface area (Å²) in [5.74, 6) is -1.72. The first kappa shape index (κ1) is 22.5. The molecule has 3 rings (SSSR count). The molecule has 6 nitrogen and oxygen atoms in total. The van der Waals surface area contributed by atoms with E-state index in [9.17, 15) is 19.1 Å². The second-order valence-electron chi connectivity index (χ2n) is 7.55. The summed E-state index contributed by atoms with van der Waals surface area (Å²) in [7, 11) is 1.53. The molecule has 1 fully saturated rings. The van der Waals surface area contributed by atoms with E-state index in [0.717, 1.165) is 0 Å². The lowest BCUT2D eigenvalue weighted by molar-refractivity contribution is -0.140. The number of aliphatic hydroxyl groups excluding tert-OH is 1. The van der Waals surface area contributed by atoms with Gasteiger partial charge < -0.3 is 19.5 Å². The van der Waals surface area contributed by atoms with E-state index >= 15 is 0 Å². The van der Waals surface area contributed by atoms with Crippen LogP contribution in [0, 0.1) is 5.82 Å². The molecule has 2 aromatic carbocycles. The highest BCUT2D eigenvalue weighted by Gasteiger charge is 2.45. The molecule has 0 saturated carbocycles. The number of nitrogens with zero attached hydrogens (tertiary/aromatic N) is 1. The fourth-order valence-corrected chi connectivity index (χ4v) is 3.59. The topological polar surface area (TPSA) is 76.1 Å². The number of aliphatic hydroxyl groups is 1. The Kier molecular flexibility index (Phi) is 7.07. The van der Waals surface area contributed by atoms with Gasteiger partial charge in [0, 0.05) is 18.7 Å². The van der Waals surface area contributed by atoms with Gasteiger partial charge in [0.15, 0.2) is 0 Å². The van der Waals surface area contributed by atoms with Crippen LogP contribution in [-0.4, -0.2) is 48.1 Å². The minimum absolute atomic E-state index is 0.0327. The SMILES string of the molecule is COc1cccc(C2/C(=C(/O)c3ccc(F)cc3)C(=O)C(=O)N2CCCOC(C)C)c1. The minimum Gasteiger partial charge on any atom is -0.507 e. The minimum atomic E-state index is -0.792. The molecule has 0 aromatic heterocycles. The van der Waals surface area contributed by atoms with E-state index in [1.165, 1.54) is 36.3 Å². The van der Waals surface area contributed by atoms with Crippen molar-refractivity contribution in [2.75, 3.05) is 20.3 Å². The first-order chi connectivity index (χ1) is 14.8. The van der Waals surface area contributed by atoms with Gasteiger partial charge in [-0.25, -0.2) is 4.39 Å². The maximum atomic E-state index is 13.3. The van der Waals surface area contributed by atoms with Crippen LogP contribution >= 0.6 is 0 Å². The fraction of sp³-hybridized carbons (Fsp3) is 0.333. The van der Waals surface area contributed by atoms with E-state index in [1.807, 2.05) is 13.8 Å². The number of likely N-dealkylation sites (tertiary alicyclic amines) is 1. The molecule has 1 N–H and O–H groups in total. The van der Waals surface area contributed by atoms with E-state index in [4.69, 9.17) is 9.47 Å². The molecular formula is C24H26FNO5. The first-order valence-electron chi connectivity index (χ1n) is 10.1. The maximum absolute atomic E-state index is 13.3. The maximum Gasteiger partial charge on any atom is 0.295 e.